The molecule has 0 radical (unpaired) electrons. The topological polar surface area (TPSA) is 46.6 Å². The molecule has 0 amide bonds. The van der Waals surface area contributed by atoms with E-state index in [9.17, 15) is 0 Å². The van der Waals surface area contributed by atoms with E-state index in [4.69, 9.17) is 5.73 Å². The number of hydrogen-bond acceptors (Lipinski definition) is 3. The Morgan fingerprint density at radius 3 is 2.94 bits per heavy atom. The minimum Gasteiger partial charge on any atom is -0.398 e. The van der Waals surface area contributed by atoms with Gasteiger partial charge in [0.1, 0.15) is 5.82 Å². The van der Waals surface area contributed by atoms with Crippen molar-refractivity contribution in [3.63, 3.8) is 0 Å². The number of nitrogens with zero attached hydrogens (tertiary/aromatic N) is 3. The van der Waals surface area contributed by atoms with Crippen LogP contribution in [0.15, 0.2) is 24.5 Å². The summed E-state index contributed by atoms with van der Waals surface area (Å²) in [6, 6.07) is 4.57. The molecular weight excluding hydrogens is 224 g/mol. The summed E-state index contributed by atoms with van der Waals surface area (Å²) in [4.78, 5) is 7.10. The highest BCUT2D eigenvalue weighted by molar-refractivity contribution is 5.52. The van der Waals surface area contributed by atoms with Crippen molar-refractivity contribution in [2.75, 3.05) is 18.8 Å². The van der Waals surface area contributed by atoms with Gasteiger partial charge in [0, 0.05) is 30.4 Å². The average Bonchev–Trinajstić information content (AvgIpc) is 2.93. The number of fused-ring (bicyclic) bond motifs is 1. The summed E-state index contributed by atoms with van der Waals surface area (Å²) >= 11 is 0. The fourth-order valence-corrected chi connectivity index (χ4v) is 2.80. The molecule has 0 aromatic carbocycles. The normalized spacial score (nSPS) is 21.2. The maximum absolute atomic E-state index is 5.87. The summed E-state index contributed by atoms with van der Waals surface area (Å²) in [6.45, 7) is 6.78. The zero-order valence-corrected chi connectivity index (χ0v) is 11.0. The van der Waals surface area contributed by atoms with Crippen molar-refractivity contribution in [1.29, 1.82) is 0 Å². The Morgan fingerprint density at radius 1 is 1.39 bits per heavy atom. The van der Waals surface area contributed by atoms with E-state index in [1.165, 1.54) is 13.0 Å². The minimum atomic E-state index is 0.525. The summed E-state index contributed by atoms with van der Waals surface area (Å²) in [6.07, 6.45) is 5.11. The number of nitrogen functional groups attached to an aromatic ring is 1. The van der Waals surface area contributed by atoms with E-state index in [0.717, 1.165) is 23.6 Å². The lowest BCUT2D eigenvalue weighted by atomic mass is 10.1. The van der Waals surface area contributed by atoms with Crippen LogP contribution >= 0.6 is 0 Å². The van der Waals surface area contributed by atoms with Crippen molar-refractivity contribution in [2.24, 2.45) is 0 Å². The van der Waals surface area contributed by atoms with Crippen molar-refractivity contribution in [1.82, 2.24) is 14.3 Å². The first-order valence-electron chi connectivity index (χ1n) is 6.61. The van der Waals surface area contributed by atoms with Crippen LogP contribution in [-0.2, 0) is 0 Å². The predicted octanol–water partition coefficient (Wildman–Crippen LogP) is 2.11. The molecule has 1 unspecified atom stereocenters. The molecule has 3 rings (SSSR count). The summed E-state index contributed by atoms with van der Waals surface area (Å²) in [5, 5.41) is 0. The van der Waals surface area contributed by atoms with Crippen LogP contribution in [0.2, 0.25) is 0 Å². The molecule has 0 spiro atoms. The molecule has 0 saturated carbocycles. The number of hydrogen-bond donors (Lipinski definition) is 1. The molecule has 18 heavy (non-hydrogen) atoms. The number of likely N-dealkylation sites (tertiary alicyclic amines) is 1. The minimum absolute atomic E-state index is 0.525. The van der Waals surface area contributed by atoms with Gasteiger partial charge in [0.25, 0.3) is 0 Å². The number of pyridine rings is 1. The molecule has 0 aliphatic carbocycles. The highest BCUT2D eigenvalue weighted by Crippen LogP contribution is 2.28. The van der Waals surface area contributed by atoms with Gasteiger partial charge in [-0.25, -0.2) is 4.98 Å². The van der Waals surface area contributed by atoms with Crippen LogP contribution in [-0.4, -0.2) is 33.4 Å². The number of rotatable bonds is 2. The van der Waals surface area contributed by atoms with Gasteiger partial charge < -0.3 is 15.0 Å². The third-order valence-corrected chi connectivity index (χ3v) is 3.89. The first-order valence-corrected chi connectivity index (χ1v) is 6.61. The van der Waals surface area contributed by atoms with Gasteiger partial charge in [-0.05, 0) is 38.9 Å². The van der Waals surface area contributed by atoms with Gasteiger partial charge in [-0.15, -0.1) is 0 Å². The second kappa shape index (κ2) is 4.28. The molecule has 3 heterocycles. The lowest BCUT2D eigenvalue weighted by molar-refractivity contribution is 0.272. The van der Waals surface area contributed by atoms with Gasteiger partial charge in [-0.3, -0.25) is 0 Å². The number of aromatic nitrogens is 2. The highest BCUT2D eigenvalue weighted by atomic mass is 15.2. The molecule has 2 aromatic heterocycles. The molecular formula is C14H20N4. The molecule has 1 saturated heterocycles. The summed E-state index contributed by atoms with van der Waals surface area (Å²) in [7, 11) is 0. The molecule has 1 atom stereocenters. The van der Waals surface area contributed by atoms with Crippen molar-refractivity contribution in [3.8, 4) is 0 Å². The number of nitrogens with two attached hydrogens (primary N) is 1. The zero-order chi connectivity index (χ0) is 12.7. The van der Waals surface area contributed by atoms with E-state index in [0.29, 0.717) is 12.0 Å². The standard InChI is InChI=1S/C14H20N4/c1-10(2)17-6-5-11(8-17)14-16-7-13-4-3-12(15)9-18(13)14/h3-4,7,9-11H,5-6,8,15H2,1-2H3. The van der Waals surface area contributed by atoms with Crippen LogP contribution < -0.4 is 5.73 Å². The SMILES string of the molecule is CC(C)N1CCC(c2ncc3ccc(N)cn23)C1. The first-order chi connectivity index (χ1) is 8.65. The highest BCUT2D eigenvalue weighted by Gasteiger charge is 2.28. The number of anilines is 1. The van der Waals surface area contributed by atoms with Crippen LogP contribution in [0, 0.1) is 0 Å². The third kappa shape index (κ3) is 1.86. The van der Waals surface area contributed by atoms with Crippen LogP contribution in [0.3, 0.4) is 0 Å². The lowest BCUT2D eigenvalue weighted by Gasteiger charge is -2.19. The second-order valence-corrected chi connectivity index (χ2v) is 5.45. The third-order valence-electron chi connectivity index (χ3n) is 3.89. The van der Waals surface area contributed by atoms with Gasteiger partial charge in [0.05, 0.1) is 11.7 Å². The van der Waals surface area contributed by atoms with Gasteiger partial charge in [-0.2, -0.15) is 0 Å². The summed E-state index contributed by atoms with van der Waals surface area (Å²) in [5.74, 6) is 1.68. The van der Waals surface area contributed by atoms with E-state index >= 15 is 0 Å². The van der Waals surface area contributed by atoms with Crippen LogP contribution in [0.25, 0.3) is 5.52 Å². The van der Waals surface area contributed by atoms with E-state index in [-0.39, 0.29) is 0 Å². The Bertz CT molecular complexity index is 558. The Hall–Kier alpha value is -1.55. The Labute approximate surface area is 107 Å². The Balaban J connectivity index is 1.93. The van der Waals surface area contributed by atoms with E-state index in [1.54, 1.807) is 0 Å². The van der Waals surface area contributed by atoms with Crippen molar-refractivity contribution in [2.45, 2.75) is 32.2 Å². The smallest absolute Gasteiger partial charge is 0.117 e. The molecule has 2 N–H and O–H groups in total. The van der Waals surface area contributed by atoms with E-state index in [2.05, 4.69) is 28.1 Å². The van der Waals surface area contributed by atoms with Gasteiger partial charge in [0.2, 0.25) is 0 Å². The summed E-state index contributed by atoms with van der Waals surface area (Å²) in [5.41, 5.74) is 7.79. The van der Waals surface area contributed by atoms with Crippen LogP contribution in [0.4, 0.5) is 5.69 Å². The molecule has 1 fully saturated rings. The molecule has 4 heteroatoms. The van der Waals surface area contributed by atoms with Gasteiger partial charge >= 0.3 is 0 Å². The predicted molar refractivity (Wildman–Crippen MR) is 73.7 cm³/mol. The first kappa shape index (κ1) is 11.5. The monoisotopic (exact) mass is 244 g/mol. The molecule has 1 aliphatic heterocycles. The fraction of sp³-hybridized carbons (Fsp3) is 0.500. The quantitative estimate of drug-likeness (QED) is 0.880. The second-order valence-electron chi connectivity index (χ2n) is 5.45. The molecule has 2 aromatic rings. The van der Waals surface area contributed by atoms with Crippen molar-refractivity contribution < 1.29 is 0 Å². The molecule has 0 bridgehead atoms. The lowest BCUT2D eigenvalue weighted by Crippen LogP contribution is -2.28. The van der Waals surface area contributed by atoms with E-state index < -0.39 is 0 Å². The average molecular weight is 244 g/mol. The Kier molecular flexibility index (Phi) is 2.74. The van der Waals surface area contributed by atoms with E-state index in [1.807, 2.05) is 24.5 Å². The fourth-order valence-electron chi connectivity index (χ4n) is 2.80. The van der Waals surface area contributed by atoms with Crippen molar-refractivity contribution >= 4 is 11.2 Å². The summed E-state index contributed by atoms with van der Waals surface area (Å²) < 4.78 is 2.14. The van der Waals surface area contributed by atoms with Crippen LogP contribution in [0.1, 0.15) is 32.0 Å². The molecule has 4 nitrogen and oxygen atoms in total. The maximum atomic E-state index is 5.87. The number of imidazole rings is 1. The maximum Gasteiger partial charge on any atom is 0.117 e. The van der Waals surface area contributed by atoms with Crippen LogP contribution in [0.5, 0.6) is 0 Å². The zero-order valence-electron chi connectivity index (χ0n) is 11.0. The largest absolute Gasteiger partial charge is 0.398 e. The molecule has 1 aliphatic rings. The van der Waals surface area contributed by atoms with Gasteiger partial charge in [0.15, 0.2) is 0 Å². The van der Waals surface area contributed by atoms with Crippen molar-refractivity contribution in [3.05, 3.63) is 30.4 Å². The van der Waals surface area contributed by atoms with Gasteiger partial charge in [-0.1, -0.05) is 0 Å². The molecule has 96 valence electrons. The Morgan fingerprint density at radius 2 is 2.22 bits per heavy atom.